The third-order valence-electron chi connectivity index (χ3n) is 5.57. The minimum absolute atomic E-state index is 0.0826. The number of hydrogen-bond acceptors (Lipinski definition) is 3. The first-order valence-electron chi connectivity index (χ1n) is 9.49. The van der Waals surface area contributed by atoms with Gasteiger partial charge in [-0.05, 0) is 54.8 Å². The Morgan fingerprint density at radius 3 is 2.27 bits per heavy atom. The molecule has 2 amide bonds. The number of benzene rings is 2. The fourth-order valence-electron chi connectivity index (χ4n) is 4.40. The Morgan fingerprint density at radius 2 is 1.63 bits per heavy atom. The number of fused-ring (bicyclic) bond motifs is 1. The third kappa shape index (κ3) is 3.78. The fourth-order valence-corrected chi connectivity index (χ4v) is 6.35. The predicted octanol–water partition coefficient (Wildman–Crippen LogP) is 3.93. The van der Waals surface area contributed by atoms with Crippen LogP contribution in [-0.2, 0) is 22.6 Å². The average Bonchev–Trinajstić information content (AvgIpc) is 3.04. The molecule has 0 bridgehead atoms. The molecule has 5 nitrogen and oxygen atoms in total. The minimum atomic E-state index is -4.49. The molecule has 30 heavy (non-hydrogen) atoms. The second-order valence-corrected chi connectivity index (χ2v) is 10.2. The van der Waals surface area contributed by atoms with Crippen LogP contribution in [0.4, 0.5) is 23.7 Å². The van der Waals surface area contributed by atoms with Gasteiger partial charge in [0.2, 0.25) is 0 Å². The van der Waals surface area contributed by atoms with Crippen LogP contribution in [0.5, 0.6) is 0 Å². The molecule has 2 aromatic rings. The molecule has 2 heterocycles. The van der Waals surface area contributed by atoms with Gasteiger partial charge in [-0.15, -0.1) is 0 Å². The molecule has 0 saturated carbocycles. The number of carbonyl (C=O) groups is 1. The highest BCUT2D eigenvalue weighted by Crippen LogP contribution is 2.37. The summed E-state index contributed by atoms with van der Waals surface area (Å²) in [6.45, 7) is 3.70. The molecule has 9 heteroatoms. The predicted molar refractivity (Wildman–Crippen MR) is 107 cm³/mol. The van der Waals surface area contributed by atoms with Crippen LogP contribution in [-0.4, -0.2) is 42.9 Å². The lowest BCUT2D eigenvalue weighted by molar-refractivity contribution is -0.137. The molecule has 2 aliphatic rings. The molecule has 4 rings (SSSR count). The van der Waals surface area contributed by atoms with E-state index in [9.17, 15) is 26.4 Å². The normalized spacial score (nSPS) is 23.2. The zero-order valence-corrected chi connectivity index (χ0v) is 17.3. The molecule has 2 atom stereocenters. The van der Waals surface area contributed by atoms with Crippen molar-refractivity contribution < 1.29 is 26.4 Å². The molecule has 0 aliphatic carbocycles. The van der Waals surface area contributed by atoms with Gasteiger partial charge in [0.15, 0.2) is 9.84 Å². The van der Waals surface area contributed by atoms with E-state index in [0.717, 1.165) is 23.3 Å². The van der Waals surface area contributed by atoms with Crippen molar-refractivity contribution >= 4 is 21.6 Å². The van der Waals surface area contributed by atoms with Crippen molar-refractivity contribution in [3.8, 4) is 0 Å². The lowest BCUT2D eigenvalue weighted by Crippen LogP contribution is -2.37. The summed E-state index contributed by atoms with van der Waals surface area (Å²) >= 11 is 0. The molecule has 0 unspecified atom stereocenters. The molecule has 0 N–H and O–H groups in total. The van der Waals surface area contributed by atoms with Gasteiger partial charge in [0.05, 0.1) is 29.2 Å². The number of amides is 2. The Labute approximate surface area is 173 Å². The van der Waals surface area contributed by atoms with Crippen LogP contribution in [0.2, 0.25) is 0 Å². The summed E-state index contributed by atoms with van der Waals surface area (Å²) in [4.78, 5) is 16.2. The van der Waals surface area contributed by atoms with Crippen LogP contribution in [0.15, 0.2) is 42.5 Å². The highest BCUT2D eigenvalue weighted by molar-refractivity contribution is 7.91. The van der Waals surface area contributed by atoms with Crippen molar-refractivity contribution in [2.45, 2.75) is 38.7 Å². The molecule has 0 aromatic heterocycles. The van der Waals surface area contributed by atoms with Crippen molar-refractivity contribution in [3.05, 3.63) is 64.7 Å². The maximum Gasteiger partial charge on any atom is 0.416 e. The first-order valence-corrected chi connectivity index (χ1v) is 11.3. The molecule has 2 fully saturated rings. The lowest BCUT2D eigenvalue weighted by Gasteiger charge is -2.23. The van der Waals surface area contributed by atoms with Crippen LogP contribution in [0, 0.1) is 13.8 Å². The molecule has 160 valence electrons. The largest absolute Gasteiger partial charge is 0.416 e. The van der Waals surface area contributed by atoms with E-state index < -0.39 is 33.7 Å². The van der Waals surface area contributed by atoms with Crippen LogP contribution in [0.1, 0.15) is 22.3 Å². The van der Waals surface area contributed by atoms with Crippen LogP contribution >= 0.6 is 0 Å². The van der Waals surface area contributed by atoms with E-state index in [1.54, 1.807) is 0 Å². The number of carbonyl (C=O) groups excluding carboxylic acids is 1. The van der Waals surface area contributed by atoms with Crippen LogP contribution in [0.25, 0.3) is 0 Å². The summed E-state index contributed by atoms with van der Waals surface area (Å²) < 4.78 is 63.9. The number of sulfone groups is 1. The van der Waals surface area contributed by atoms with Gasteiger partial charge in [-0.3, -0.25) is 4.90 Å². The highest BCUT2D eigenvalue weighted by Gasteiger charge is 2.53. The van der Waals surface area contributed by atoms with Gasteiger partial charge in [-0.25, -0.2) is 13.2 Å². The van der Waals surface area contributed by atoms with Crippen molar-refractivity contribution in [2.24, 2.45) is 0 Å². The van der Waals surface area contributed by atoms with Crippen LogP contribution in [0.3, 0.4) is 0 Å². The van der Waals surface area contributed by atoms with Crippen molar-refractivity contribution in [1.82, 2.24) is 4.90 Å². The van der Waals surface area contributed by atoms with E-state index in [2.05, 4.69) is 0 Å². The molecule has 2 saturated heterocycles. The van der Waals surface area contributed by atoms with Crippen LogP contribution < -0.4 is 4.90 Å². The van der Waals surface area contributed by atoms with E-state index in [1.807, 2.05) is 32.0 Å². The lowest BCUT2D eigenvalue weighted by atomic mass is 10.1. The number of halogens is 3. The first-order chi connectivity index (χ1) is 13.9. The molecule has 0 radical (unpaired) electrons. The maximum atomic E-state index is 13.3. The number of urea groups is 1. The summed E-state index contributed by atoms with van der Waals surface area (Å²) in [7, 11) is -3.36. The highest BCUT2D eigenvalue weighted by atomic mass is 32.2. The number of hydrogen-bond donors (Lipinski definition) is 0. The number of rotatable bonds is 3. The van der Waals surface area contributed by atoms with E-state index in [0.29, 0.717) is 11.3 Å². The topological polar surface area (TPSA) is 57.7 Å². The second kappa shape index (κ2) is 7.01. The molecule has 2 aromatic carbocycles. The Hall–Kier alpha value is -2.55. The average molecular weight is 438 g/mol. The summed E-state index contributed by atoms with van der Waals surface area (Å²) in [5.74, 6) is -0.348. The van der Waals surface area contributed by atoms with Gasteiger partial charge in [-0.2, -0.15) is 13.2 Å². The summed E-state index contributed by atoms with van der Waals surface area (Å²) in [5.41, 5.74) is 1.99. The van der Waals surface area contributed by atoms with E-state index >= 15 is 0 Å². The molecule has 2 aliphatic heterocycles. The Bertz CT molecular complexity index is 1090. The third-order valence-corrected chi connectivity index (χ3v) is 7.27. The number of anilines is 1. The first kappa shape index (κ1) is 20.7. The monoisotopic (exact) mass is 438 g/mol. The number of aryl methyl sites for hydroxylation is 2. The minimum Gasteiger partial charge on any atom is -0.314 e. The van der Waals surface area contributed by atoms with E-state index in [-0.39, 0.29) is 24.1 Å². The molecular weight excluding hydrogens is 417 g/mol. The maximum absolute atomic E-state index is 13.3. The van der Waals surface area contributed by atoms with Crippen molar-refractivity contribution in [3.63, 3.8) is 0 Å². The summed E-state index contributed by atoms with van der Waals surface area (Å²) in [5, 5.41) is 0. The zero-order chi connectivity index (χ0) is 21.8. The zero-order valence-electron chi connectivity index (χ0n) is 16.5. The summed E-state index contributed by atoms with van der Waals surface area (Å²) in [6.07, 6.45) is -4.49. The fraction of sp³-hybridized carbons (Fsp3) is 0.381. The number of alkyl halides is 3. The van der Waals surface area contributed by atoms with Gasteiger partial charge in [-0.1, -0.05) is 18.2 Å². The standard InChI is InChI=1S/C21H21F3N2O3S/c1-13-6-14(2)8-17(7-13)26-19-12-30(28,29)11-18(19)25(20(26)27)10-15-4-3-5-16(9-15)21(22,23)24/h3-9,18-19H,10-12H2,1-2H3/t18-,19+/m0/s1. The van der Waals surface area contributed by atoms with Gasteiger partial charge >= 0.3 is 12.2 Å². The van der Waals surface area contributed by atoms with E-state index in [4.69, 9.17) is 0 Å². The SMILES string of the molecule is Cc1cc(C)cc(N2C(=O)N(Cc3cccc(C(F)(F)F)c3)[C@H]3CS(=O)(=O)C[C@H]32)c1. The van der Waals surface area contributed by atoms with E-state index in [1.165, 1.54) is 21.9 Å². The van der Waals surface area contributed by atoms with Gasteiger partial charge in [0.25, 0.3) is 0 Å². The van der Waals surface area contributed by atoms with Gasteiger partial charge in [0, 0.05) is 12.2 Å². The number of nitrogens with zero attached hydrogens (tertiary/aromatic N) is 2. The Morgan fingerprint density at radius 1 is 1.00 bits per heavy atom. The summed E-state index contributed by atoms with van der Waals surface area (Å²) in [6, 6.07) is 8.83. The molecule has 0 spiro atoms. The Balaban J connectivity index is 1.71. The van der Waals surface area contributed by atoms with Gasteiger partial charge < -0.3 is 4.90 Å². The quantitative estimate of drug-likeness (QED) is 0.683. The smallest absolute Gasteiger partial charge is 0.314 e. The van der Waals surface area contributed by atoms with Crippen molar-refractivity contribution in [2.75, 3.05) is 16.4 Å². The van der Waals surface area contributed by atoms with Gasteiger partial charge in [0.1, 0.15) is 0 Å². The second-order valence-electron chi connectivity index (χ2n) is 8.04. The van der Waals surface area contributed by atoms with Crippen molar-refractivity contribution in [1.29, 1.82) is 0 Å². The molecular formula is C21H21F3N2O3S. The Kier molecular flexibility index (Phi) is 4.84.